The van der Waals surface area contributed by atoms with E-state index in [0.717, 1.165) is 29.6 Å². The van der Waals surface area contributed by atoms with E-state index in [4.69, 9.17) is 4.55 Å². The van der Waals surface area contributed by atoms with Crippen LogP contribution in [-0.4, -0.2) is 14.1 Å². The summed E-state index contributed by atoms with van der Waals surface area (Å²) in [7, 11) is -3.49. The minimum absolute atomic E-state index is 0.472. The Kier molecular flexibility index (Phi) is 5.45. The van der Waals surface area contributed by atoms with E-state index in [2.05, 4.69) is 0 Å². The van der Waals surface area contributed by atoms with Crippen molar-refractivity contribution in [2.45, 2.75) is 32.6 Å². The molecule has 0 aliphatic rings. The van der Waals surface area contributed by atoms with Crippen LogP contribution in [0.4, 0.5) is 4.48 Å². The Balaban J connectivity index is 3.65. The van der Waals surface area contributed by atoms with Crippen molar-refractivity contribution in [1.29, 1.82) is 0 Å². The summed E-state index contributed by atoms with van der Waals surface area (Å²) >= 11 is 0. The Morgan fingerprint density at radius 3 is 2.73 bits per heavy atom. The fourth-order valence-electron chi connectivity index (χ4n) is 0.669. The lowest BCUT2D eigenvalue weighted by Gasteiger charge is -1.96. The number of halogens is 1. The van der Waals surface area contributed by atoms with E-state index < -0.39 is 9.99 Å². The summed E-state index contributed by atoms with van der Waals surface area (Å²) in [5.74, 6) is 0. The number of hydrogen-bond acceptors (Lipinski definition) is 1. The number of hydrogen-bond donors (Lipinski definition) is 2. The van der Waals surface area contributed by atoms with Crippen LogP contribution < -0.4 is 4.94 Å². The summed E-state index contributed by atoms with van der Waals surface area (Å²) in [6.07, 6.45) is 3.34. The summed E-state index contributed by atoms with van der Waals surface area (Å²) in [5.41, 5.74) is 0. The van der Waals surface area contributed by atoms with E-state index in [0.29, 0.717) is 6.42 Å². The van der Waals surface area contributed by atoms with Gasteiger partial charge < -0.3 is 4.55 Å². The zero-order chi connectivity index (χ0) is 8.74. The number of rotatable bonds is 5. The Morgan fingerprint density at radius 2 is 2.27 bits per heavy atom. The van der Waals surface area contributed by atoms with E-state index in [1.54, 1.807) is 0 Å². The molecule has 0 aliphatic heterocycles. The van der Waals surface area contributed by atoms with E-state index in [1.165, 1.54) is 0 Å². The SMILES string of the molecule is CCCCCC=S(=O)(O)NF. The van der Waals surface area contributed by atoms with Gasteiger partial charge in [-0.2, -0.15) is 0 Å². The fourth-order valence-corrected chi connectivity index (χ4v) is 1.22. The van der Waals surface area contributed by atoms with Crippen molar-refractivity contribution in [3.63, 3.8) is 0 Å². The van der Waals surface area contributed by atoms with Crippen molar-refractivity contribution in [3.8, 4) is 0 Å². The molecule has 0 aromatic rings. The molecule has 0 heterocycles. The molecule has 3 nitrogen and oxygen atoms in total. The normalized spacial score (nSPS) is 15.9. The van der Waals surface area contributed by atoms with E-state index in [-0.39, 0.29) is 0 Å². The minimum Gasteiger partial charge on any atom is -0.301 e. The van der Waals surface area contributed by atoms with Gasteiger partial charge in [0, 0.05) is 5.37 Å². The van der Waals surface area contributed by atoms with Crippen molar-refractivity contribution >= 4 is 15.4 Å². The van der Waals surface area contributed by atoms with Gasteiger partial charge in [0.15, 0.2) is 9.99 Å². The highest BCUT2D eigenvalue weighted by Gasteiger charge is 1.96. The summed E-state index contributed by atoms with van der Waals surface area (Å²) < 4.78 is 30.6. The summed E-state index contributed by atoms with van der Waals surface area (Å²) in [6, 6.07) is 0. The molecule has 1 atom stereocenters. The van der Waals surface area contributed by atoms with Crippen LogP contribution in [0.1, 0.15) is 32.6 Å². The lowest BCUT2D eigenvalue weighted by Crippen LogP contribution is -2.15. The Labute approximate surface area is 66.9 Å². The number of nitrogens with one attached hydrogen (secondary N) is 1. The molecule has 0 spiro atoms. The monoisotopic (exact) mass is 183 g/mol. The average molecular weight is 183 g/mol. The van der Waals surface area contributed by atoms with Gasteiger partial charge in [-0.15, -0.1) is 4.48 Å². The van der Waals surface area contributed by atoms with Gasteiger partial charge in [-0.05, 0) is 12.8 Å². The van der Waals surface area contributed by atoms with Crippen LogP contribution in [0.2, 0.25) is 0 Å². The molecule has 0 aromatic carbocycles. The first-order valence-corrected chi connectivity index (χ1v) is 5.17. The largest absolute Gasteiger partial charge is 0.301 e. The molecule has 68 valence electrons. The average Bonchev–Trinajstić information content (AvgIpc) is 1.99. The highest BCUT2D eigenvalue weighted by molar-refractivity contribution is 7.94. The van der Waals surface area contributed by atoms with Gasteiger partial charge in [0.05, 0.1) is 0 Å². The summed E-state index contributed by atoms with van der Waals surface area (Å²) in [4.78, 5) is 0.846. The molecular weight excluding hydrogens is 169 g/mol. The molecule has 0 saturated heterocycles. The predicted octanol–water partition coefficient (Wildman–Crippen LogP) is 1.52. The first-order chi connectivity index (χ1) is 5.12. The smallest absolute Gasteiger partial charge is 0.168 e. The highest BCUT2D eigenvalue weighted by atomic mass is 32.2. The highest BCUT2D eigenvalue weighted by Crippen LogP contribution is 1.96. The third-order valence-electron chi connectivity index (χ3n) is 1.26. The van der Waals surface area contributed by atoms with Gasteiger partial charge in [-0.3, -0.25) is 0 Å². The van der Waals surface area contributed by atoms with Gasteiger partial charge >= 0.3 is 0 Å². The molecule has 0 saturated carbocycles. The third-order valence-corrected chi connectivity index (χ3v) is 2.17. The molecule has 0 amide bonds. The van der Waals surface area contributed by atoms with Crippen molar-refractivity contribution in [2.24, 2.45) is 0 Å². The first kappa shape index (κ1) is 10.9. The lowest BCUT2D eigenvalue weighted by molar-refractivity contribution is 0.411. The second kappa shape index (κ2) is 5.51. The second-order valence-corrected chi connectivity index (χ2v) is 3.93. The summed E-state index contributed by atoms with van der Waals surface area (Å²) in [5, 5.41) is 1.07. The molecule has 0 fully saturated rings. The molecule has 5 heteroatoms. The van der Waals surface area contributed by atoms with E-state index in [1.807, 2.05) is 6.92 Å². The zero-order valence-corrected chi connectivity index (χ0v) is 7.36. The standard InChI is InChI=1S/C6H14FNO2S/c1-2-3-4-5-6-11(9,10)8-7/h6H,2-5H2,1H3,(H2,8,9,10). The van der Waals surface area contributed by atoms with Gasteiger partial charge in [0.25, 0.3) is 0 Å². The Morgan fingerprint density at radius 1 is 1.64 bits per heavy atom. The summed E-state index contributed by atoms with van der Waals surface area (Å²) in [6.45, 7) is 2.03. The van der Waals surface area contributed by atoms with Crippen molar-refractivity contribution in [3.05, 3.63) is 0 Å². The Bertz CT molecular complexity index is 199. The zero-order valence-electron chi connectivity index (χ0n) is 6.55. The maximum atomic E-state index is 11.5. The first-order valence-electron chi connectivity index (χ1n) is 3.59. The van der Waals surface area contributed by atoms with Crippen LogP contribution in [-0.2, 0) is 9.99 Å². The van der Waals surface area contributed by atoms with Crippen LogP contribution in [0.25, 0.3) is 0 Å². The third kappa shape index (κ3) is 6.28. The van der Waals surface area contributed by atoms with Crippen LogP contribution in [0.15, 0.2) is 0 Å². The topological polar surface area (TPSA) is 49.3 Å². The van der Waals surface area contributed by atoms with Crippen LogP contribution >= 0.6 is 0 Å². The van der Waals surface area contributed by atoms with E-state index in [9.17, 15) is 8.69 Å². The molecule has 2 N–H and O–H groups in total. The van der Waals surface area contributed by atoms with Crippen molar-refractivity contribution < 1.29 is 13.2 Å². The van der Waals surface area contributed by atoms with Gasteiger partial charge in [-0.1, -0.05) is 24.7 Å². The van der Waals surface area contributed by atoms with Crippen LogP contribution in [0.5, 0.6) is 0 Å². The number of unbranched alkanes of at least 4 members (excludes halogenated alkanes) is 3. The maximum absolute atomic E-state index is 11.5. The molecule has 1 unspecified atom stereocenters. The van der Waals surface area contributed by atoms with Crippen LogP contribution in [0.3, 0.4) is 0 Å². The van der Waals surface area contributed by atoms with Crippen molar-refractivity contribution in [1.82, 2.24) is 4.94 Å². The molecular formula is C6H14FNO2S. The van der Waals surface area contributed by atoms with Gasteiger partial charge in [0.1, 0.15) is 0 Å². The molecule has 0 bridgehead atoms. The molecule has 0 aliphatic carbocycles. The van der Waals surface area contributed by atoms with Crippen molar-refractivity contribution in [2.75, 3.05) is 0 Å². The molecule has 0 rings (SSSR count). The van der Waals surface area contributed by atoms with Gasteiger partial charge in [-0.25, -0.2) is 4.21 Å². The maximum Gasteiger partial charge on any atom is 0.168 e. The molecule has 0 radical (unpaired) electrons. The van der Waals surface area contributed by atoms with E-state index >= 15 is 0 Å². The minimum atomic E-state index is -3.49. The quantitative estimate of drug-likeness (QED) is 0.385. The lowest BCUT2D eigenvalue weighted by atomic mass is 10.2. The second-order valence-electron chi connectivity index (χ2n) is 2.31. The van der Waals surface area contributed by atoms with Crippen LogP contribution in [0, 0.1) is 0 Å². The Hall–Kier alpha value is -0.130. The molecule has 0 aromatic heterocycles. The molecule has 11 heavy (non-hydrogen) atoms. The van der Waals surface area contributed by atoms with Gasteiger partial charge in [0.2, 0.25) is 0 Å². The predicted molar refractivity (Wildman–Crippen MR) is 45.2 cm³/mol. The fraction of sp³-hybridized carbons (Fsp3) is 0.833.